The van der Waals surface area contributed by atoms with Gasteiger partial charge in [-0.05, 0) is 28.5 Å². The van der Waals surface area contributed by atoms with Gasteiger partial charge >= 0.3 is 0 Å². The van der Waals surface area contributed by atoms with Crippen LogP contribution in [0.3, 0.4) is 0 Å². The van der Waals surface area contributed by atoms with Gasteiger partial charge in [0.1, 0.15) is 5.75 Å². The van der Waals surface area contributed by atoms with Crippen molar-refractivity contribution in [1.82, 2.24) is 0 Å². The summed E-state index contributed by atoms with van der Waals surface area (Å²) in [6.07, 6.45) is -0.0521. The maximum atomic E-state index is 10.7. The van der Waals surface area contributed by atoms with Crippen molar-refractivity contribution in [2.45, 2.75) is 46.0 Å². The zero-order valence-corrected chi connectivity index (χ0v) is 11.7. The minimum atomic E-state index is -1.05. The number of aliphatic carboxylic acids is 1. The predicted octanol–water partition coefficient (Wildman–Crippen LogP) is 2.23. The molecule has 0 fully saturated rings. The van der Waals surface area contributed by atoms with E-state index in [9.17, 15) is 9.90 Å². The van der Waals surface area contributed by atoms with Crippen LogP contribution in [0.4, 0.5) is 0 Å². The highest BCUT2D eigenvalue weighted by Gasteiger charge is 2.16. The summed E-state index contributed by atoms with van der Waals surface area (Å²) >= 11 is 0. The van der Waals surface area contributed by atoms with Crippen LogP contribution >= 0.6 is 0 Å². The molecule has 0 bridgehead atoms. The van der Waals surface area contributed by atoms with Crippen LogP contribution in [0.15, 0.2) is 12.1 Å². The number of ether oxygens (including phenoxy) is 1. The Kier molecular flexibility index (Phi) is 4.76. The largest absolute Gasteiger partial charge is 0.550 e. The van der Waals surface area contributed by atoms with Gasteiger partial charge in [0.25, 0.3) is 0 Å². The fraction of sp³-hybridized carbons (Fsp3) is 0.533. The summed E-state index contributed by atoms with van der Waals surface area (Å²) in [5.41, 5.74) is 2.89. The van der Waals surface area contributed by atoms with Crippen molar-refractivity contribution in [3.05, 3.63) is 28.8 Å². The summed E-state index contributed by atoms with van der Waals surface area (Å²) in [4.78, 5) is 10.7. The smallest absolute Gasteiger partial charge is 0.125 e. The first-order valence-electron chi connectivity index (χ1n) is 6.27. The molecule has 0 radical (unpaired) electrons. The van der Waals surface area contributed by atoms with Crippen LogP contribution in [0.25, 0.3) is 0 Å². The molecule has 0 atom stereocenters. The molecule has 0 aliphatic carbocycles. The van der Waals surface area contributed by atoms with E-state index in [2.05, 4.69) is 27.7 Å². The van der Waals surface area contributed by atoms with Gasteiger partial charge in [-0.3, -0.25) is 0 Å². The molecule has 1 aromatic rings. The molecule has 0 aliphatic heterocycles. The molecule has 0 saturated carbocycles. The predicted molar refractivity (Wildman–Crippen MR) is 69.9 cm³/mol. The van der Waals surface area contributed by atoms with Gasteiger partial charge in [0.15, 0.2) is 0 Å². The Hall–Kier alpha value is -1.51. The average molecular weight is 249 g/mol. The summed E-state index contributed by atoms with van der Waals surface area (Å²) in [6, 6.07) is 3.82. The molecule has 1 aromatic carbocycles. The van der Waals surface area contributed by atoms with Gasteiger partial charge in [-0.2, -0.15) is 0 Å². The lowest BCUT2D eigenvalue weighted by molar-refractivity contribution is -0.304. The van der Waals surface area contributed by atoms with Gasteiger partial charge in [0, 0.05) is 12.4 Å². The molecule has 0 N–H and O–H groups in total. The van der Waals surface area contributed by atoms with E-state index in [1.807, 2.05) is 12.1 Å². The van der Waals surface area contributed by atoms with Crippen LogP contribution in [0.5, 0.6) is 5.75 Å². The Morgan fingerprint density at radius 1 is 1.17 bits per heavy atom. The van der Waals surface area contributed by atoms with E-state index in [4.69, 9.17) is 4.74 Å². The molecule has 0 aromatic heterocycles. The highest BCUT2D eigenvalue weighted by molar-refractivity contribution is 5.68. The van der Waals surface area contributed by atoms with Crippen molar-refractivity contribution in [2.75, 3.05) is 7.11 Å². The van der Waals surface area contributed by atoms with Crippen molar-refractivity contribution in [1.29, 1.82) is 0 Å². The summed E-state index contributed by atoms with van der Waals surface area (Å²) in [7, 11) is 1.66. The lowest BCUT2D eigenvalue weighted by Gasteiger charge is -2.20. The number of rotatable bonds is 5. The normalized spacial score (nSPS) is 11.1. The Morgan fingerprint density at radius 2 is 1.61 bits per heavy atom. The number of carboxylic acids is 1. The summed E-state index contributed by atoms with van der Waals surface area (Å²) in [5, 5.41) is 10.7. The monoisotopic (exact) mass is 249 g/mol. The maximum Gasteiger partial charge on any atom is 0.125 e. The van der Waals surface area contributed by atoms with E-state index in [0.717, 1.165) is 22.4 Å². The zero-order chi connectivity index (χ0) is 13.9. The van der Waals surface area contributed by atoms with Crippen LogP contribution in [0.1, 0.15) is 56.2 Å². The first kappa shape index (κ1) is 14.6. The first-order chi connectivity index (χ1) is 8.36. The number of hydrogen-bond acceptors (Lipinski definition) is 3. The van der Waals surface area contributed by atoms with Gasteiger partial charge in [0.2, 0.25) is 0 Å². The number of carbonyl (C=O) groups excluding carboxylic acids is 1. The van der Waals surface area contributed by atoms with E-state index in [1.165, 1.54) is 0 Å². The maximum absolute atomic E-state index is 10.7. The molecule has 100 valence electrons. The second kappa shape index (κ2) is 5.89. The molecule has 0 saturated heterocycles. The second-order valence-electron chi connectivity index (χ2n) is 5.17. The molecule has 0 amide bonds. The minimum Gasteiger partial charge on any atom is -0.550 e. The van der Waals surface area contributed by atoms with Gasteiger partial charge in [-0.1, -0.05) is 39.8 Å². The zero-order valence-electron chi connectivity index (χ0n) is 11.7. The SMILES string of the molecule is COc1c(C(C)C)cc(CC(=O)[O-])cc1C(C)C. The van der Waals surface area contributed by atoms with Gasteiger partial charge in [-0.25, -0.2) is 0 Å². The molecule has 0 aliphatic rings. The Balaban J connectivity index is 3.38. The third-order valence-electron chi connectivity index (χ3n) is 3.00. The quantitative estimate of drug-likeness (QED) is 0.804. The summed E-state index contributed by atoms with van der Waals surface area (Å²) in [6.45, 7) is 8.30. The third kappa shape index (κ3) is 3.25. The van der Waals surface area contributed by atoms with Gasteiger partial charge in [-0.15, -0.1) is 0 Å². The molecule has 3 nitrogen and oxygen atoms in total. The molecule has 0 spiro atoms. The standard InChI is InChI=1S/C15H22O3/c1-9(2)12-6-11(8-14(16)17)7-13(10(3)4)15(12)18-5/h6-7,9-10H,8H2,1-5H3,(H,16,17)/p-1. The van der Waals surface area contributed by atoms with Gasteiger partial charge in [0.05, 0.1) is 7.11 Å². The highest BCUT2D eigenvalue weighted by Crippen LogP contribution is 2.35. The van der Waals surface area contributed by atoms with Crippen molar-refractivity contribution < 1.29 is 14.6 Å². The number of methoxy groups -OCH3 is 1. The Bertz CT molecular complexity index is 404. The minimum absolute atomic E-state index is 0.0521. The molecule has 1 rings (SSSR count). The van der Waals surface area contributed by atoms with E-state index < -0.39 is 5.97 Å². The van der Waals surface area contributed by atoms with E-state index >= 15 is 0 Å². The highest BCUT2D eigenvalue weighted by atomic mass is 16.5. The molecule has 3 heteroatoms. The van der Waals surface area contributed by atoms with E-state index in [0.29, 0.717) is 11.8 Å². The average Bonchev–Trinajstić information content (AvgIpc) is 2.26. The van der Waals surface area contributed by atoms with Crippen molar-refractivity contribution in [3.63, 3.8) is 0 Å². The number of carbonyl (C=O) groups is 1. The van der Waals surface area contributed by atoms with Crippen LogP contribution in [-0.2, 0) is 11.2 Å². The van der Waals surface area contributed by atoms with Crippen molar-refractivity contribution >= 4 is 5.97 Å². The molecular weight excluding hydrogens is 228 g/mol. The Labute approximate surface area is 109 Å². The molecule has 18 heavy (non-hydrogen) atoms. The fourth-order valence-electron chi connectivity index (χ4n) is 2.10. The summed E-state index contributed by atoms with van der Waals surface area (Å²) in [5.74, 6) is 0.407. The van der Waals surface area contributed by atoms with Crippen molar-refractivity contribution in [2.24, 2.45) is 0 Å². The topological polar surface area (TPSA) is 49.4 Å². The second-order valence-corrected chi connectivity index (χ2v) is 5.17. The molecule has 0 heterocycles. The third-order valence-corrected chi connectivity index (χ3v) is 3.00. The van der Waals surface area contributed by atoms with Crippen molar-refractivity contribution in [3.8, 4) is 5.75 Å². The number of hydrogen-bond donors (Lipinski definition) is 0. The fourth-order valence-corrected chi connectivity index (χ4v) is 2.10. The van der Waals surface area contributed by atoms with E-state index in [-0.39, 0.29) is 6.42 Å². The Morgan fingerprint density at radius 3 is 1.89 bits per heavy atom. The first-order valence-corrected chi connectivity index (χ1v) is 6.27. The summed E-state index contributed by atoms with van der Waals surface area (Å²) < 4.78 is 5.50. The lowest BCUT2D eigenvalue weighted by atomic mass is 9.90. The number of carboxylic acid groups (broad SMARTS) is 1. The lowest BCUT2D eigenvalue weighted by Crippen LogP contribution is -2.24. The van der Waals surface area contributed by atoms with Gasteiger partial charge < -0.3 is 14.6 Å². The molecule has 0 unspecified atom stereocenters. The number of benzene rings is 1. The molecular formula is C15H21O3-. The van der Waals surface area contributed by atoms with Crippen LogP contribution in [0.2, 0.25) is 0 Å². The van der Waals surface area contributed by atoms with E-state index in [1.54, 1.807) is 7.11 Å². The van der Waals surface area contributed by atoms with Crippen LogP contribution in [0, 0.1) is 0 Å². The van der Waals surface area contributed by atoms with Crippen LogP contribution < -0.4 is 9.84 Å². The van der Waals surface area contributed by atoms with Crippen LogP contribution in [-0.4, -0.2) is 13.1 Å².